The zero-order chi connectivity index (χ0) is 10.0. The van der Waals surface area contributed by atoms with E-state index < -0.39 is 0 Å². The standard InChI is InChI=1S/C9H10BrN3/c1-5(2)6-3-7(12)8(4-11)13-9(6)10/h3,5H,12H2,1-2H3. The number of halogens is 1. The SMILES string of the molecule is CC(C)c1cc(N)c(C#N)nc1Br. The minimum Gasteiger partial charge on any atom is -0.396 e. The van der Waals surface area contributed by atoms with Crippen LogP contribution in [0.2, 0.25) is 0 Å². The van der Waals surface area contributed by atoms with Crippen LogP contribution >= 0.6 is 15.9 Å². The van der Waals surface area contributed by atoms with Gasteiger partial charge in [0.05, 0.1) is 5.69 Å². The summed E-state index contributed by atoms with van der Waals surface area (Å²) >= 11 is 3.30. The van der Waals surface area contributed by atoms with Gasteiger partial charge in [0.15, 0.2) is 5.69 Å². The van der Waals surface area contributed by atoms with Gasteiger partial charge in [0.1, 0.15) is 10.7 Å². The molecule has 0 aliphatic rings. The van der Waals surface area contributed by atoms with E-state index in [1.165, 1.54) is 0 Å². The van der Waals surface area contributed by atoms with Crippen LogP contribution in [-0.4, -0.2) is 4.98 Å². The van der Waals surface area contributed by atoms with Crippen LogP contribution in [0.1, 0.15) is 31.0 Å². The normalized spacial score (nSPS) is 10.1. The zero-order valence-electron chi connectivity index (χ0n) is 7.50. The van der Waals surface area contributed by atoms with Crippen LogP contribution < -0.4 is 5.73 Å². The third kappa shape index (κ3) is 1.99. The molecular weight excluding hydrogens is 230 g/mol. The molecule has 0 radical (unpaired) electrons. The number of hydrogen-bond acceptors (Lipinski definition) is 3. The summed E-state index contributed by atoms with van der Waals surface area (Å²) in [6.07, 6.45) is 0. The van der Waals surface area contributed by atoms with Crippen molar-refractivity contribution in [1.29, 1.82) is 5.26 Å². The highest BCUT2D eigenvalue weighted by Gasteiger charge is 2.09. The van der Waals surface area contributed by atoms with Gasteiger partial charge in [-0.05, 0) is 33.5 Å². The van der Waals surface area contributed by atoms with Crippen molar-refractivity contribution in [1.82, 2.24) is 4.98 Å². The van der Waals surface area contributed by atoms with Crippen molar-refractivity contribution in [3.8, 4) is 6.07 Å². The largest absolute Gasteiger partial charge is 0.396 e. The summed E-state index contributed by atoms with van der Waals surface area (Å²) in [7, 11) is 0. The minimum absolute atomic E-state index is 0.274. The summed E-state index contributed by atoms with van der Waals surface area (Å²) in [6.45, 7) is 4.10. The molecule has 1 aromatic rings. The second-order valence-corrected chi connectivity index (χ2v) is 3.82. The van der Waals surface area contributed by atoms with Crippen LogP contribution in [0, 0.1) is 11.3 Å². The summed E-state index contributed by atoms with van der Waals surface area (Å²) < 4.78 is 0.702. The fourth-order valence-corrected chi connectivity index (χ4v) is 1.77. The van der Waals surface area contributed by atoms with Crippen molar-refractivity contribution in [2.45, 2.75) is 19.8 Å². The summed E-state index contributed by atoms with van der Waals surface area (Å²) in [5.41, 5.74) is 7.37. The Hall–Kier alpha value is -1.08. The smallest absolute Gasteiger partial charge is 0.164 e. The molecule has 0 amide bonds. The molecule has 68 valence electrons. The Morgan fingerprint density at radius 3 is 2.69 bits per heavy atom. The molecule has 0 saturated carbocycles. The number of pyridine rings is 1. The Labute approximate surface area is 85.7 Å². The number of hydrogen-bond donors (Lipinski definition) is 1. The number of nitrogens with two attached hydrogens (primary N) is 1. The Morgan fingerprint density at radius 1 is 1.62 bits per heavy atom. The lowest BCUT2D eigenvalue weighted by Crippen LogP contribution is -1.99. The number of aromatic nitrogens is 1. The quantitative estimate of drug-likeness (QED) is 0.766. The maximum atomic E-state index is 8.66. The van der Waals surface area contributed by atoms with Gasteiger partial charge >= 0.3 is 0 Å². The van der Waals surface area contributed by atoms with Crippen LogP contribution in [0.25, 0.3) is 0 Å². The number of nitriles is 1. The average molecular weight is 240 g/mol. The molecule has 0 fully saturated rings. The Bertz CT molecular complexity index is 366. The van der Waals surface area contributed by atoms with Crippen molar-refractivity contribution < 1.29 is 0 Å². The van der Waals surface area contributed by atoms with E-state index in [-0.39, 0.29) is 5.69 Å². The first kappa shape index (κ1) is 10.0. The molecule has 0 bridgehead atoms. The van der Waals surface area contributed by atoms with E-state index in [1.54, 1.807) is 6.07 Å². The first-order chi connectivity index (χ1) is 6.06. The number of nitrogen functional groups attached to an aromatic ring is 1. The van der Waals surface area contributed by atoms with Crippen LogP contribution in [0.3, 0.4) is 0 Å². The molecule has 0 saturated heterocycles. The predicted octanol–water partition coefficient (Wildman–Crippen LogP) is 2.42. The molecule has 3 nitrogen and oxygen atoms in total. The number of nitrogens with zero attached hydrogens (tertiary/aromatic N) is 2. The van der Waals surface area contributed by atoms with E-state index in [0.29, 0.717) is 16.2 Å². The van der Waals surface area contributed by atoms with Gasteiger partial charge in [-0.3, -0.25) is 0 Å². The Balaban J connectivity index is 3.31. The van der Waals surface area contributed by atoms with Crippen LogP contribution in [0.15, 0.2) is 10.7 Å². The van der Waals surface area contributed by atoms with Crippen molar-refractivity contribution in [3.63, 3.8) is 0 Å². The third-order valence-electron chi connectivity index (χ3n) is 1.76. The fourth-order valence-electron chi connectivity index (χ4n) is 1.02. The molecule has 4 heteroatoms. The monoisotopic (exact) mass is 239 g/mol. The van der Waals surface area contributed by atoms with Crippen molar-refractivity contribution in [2.75, 3.05) is 5.73 Å². The number of anilines is 1. The van der Waals surface area contributed by atoms with Gasteiger partial charge in [0.2, 0.25) is 0 Å². The maximum Gasteiger partial charge on any atom is 0.164 e. The predicted molar refractivity (Wildman–Crippen MR) is 55.2 cm³/mol. The molecule has 1 rings (SSSR count). The van der Waals surface area contributed by atoms with E-state index >= 15 is 0 Å². The molecule has 0 aromatic carbocycles. The molecule has 0 aliphatic carbocycles. The van der Waals surface area contributed by atoms with Crippen LogP contribution in [0.5, 0.6) is 0 Å². The highest BCUT2D eigenvalue weighted by Crippen LogP contribution is 2.26. The van der Waals surface area contributed by atoms with Gasteiger partial charge in [-0.1, -0.05) is 13.8 Å². The molecule has 0 atom stereocenters. The third-order valence-corrected chi connectivity index (χ3v) is 2.40. The van der Waals surface area contributed by atoms with Gasteiger partial charge in [-0.25, -0.2) is 4.98 Å². The Kier molecular flexibility index (Phi) is 2.89. The first-order valence-corrected chi connectivity index (χ1v) is 4.71. The van der Waals surface area contributed by atoms with E-state index in [1.807, 2.05) is 19.9 Å². The van der Waals surface area contributed by atoms with E-state index in [0.717, 1.165) is 5.56 Å². The second-order valence-electron chi connectivity index (χ2n) is 3.07. The minimum atomic E-state index is 0.274. The molecule has 0 aliphatic heterocycles. The second kappa shape index (κ2) is 3.75. The van der Waals surface area contributed by atoms with E-state index in [4.69, 9.17) is 11.0 Å². The van der Waals surface area contributed by atoms with Gasteiger partial charge in [-0.2, -0.15) is 5.26 Å². The first-order valence-electron chi connectivity index (χ1n) is 3.92. The average Bonchev–Trinajstić information content (AvgIpc) is 2.07. The van der Waals surface area contributed by atoms with Crippen molar-refractivity contribution >= 4 is 21.6 Å². The van der Waals surface area contributed by atoms with Crippen molar-refractivity contribution in [3.05, 3.63) is 21.9 Å². The summed E-state index contributed by atoms with van der Waals surface area (Å²) in [4.78, 5) is 4.04. The molecule has 0 unspecified atom stereocenters. The Morgan fingerprint density at radius 2 is 2.23 bits per heavy atom. The topological polar surface area (TPSA) is 62.7 Å². The van der Waals surface area contributed by atoms with Crippen LogP contribution in [-0.2, 0) is 0 Å². The van der Waals surface area contributed by atoms with Crippen molar-refractivity contribution in [2.24, 2.45) is 0 Å². The maximum absolute atomic E-state index is 8.66. The summed E-state index contributed by atoms with van der Waals surface area (Å²) in [6, 6.07) is 3.73. The van der Waals surface area contributed by atoms with E-state index in [9.17, 15) is 0 Å². The highest BCUT2D eigenvalue weighted by atomic mass is 79.9. The molecule has 1 aromatic heterocycles. The molecule has 0 spiro atoms. The van der Waals surface area contributed by atoms with Gasteiger partial charge in [0.25, 0.3) is 0 Å². The zero-order valence-corrected chi connectivity index (χ0v) is 9.09. The lowest BCUT2D eigenvalue weighted by atomic mass is 10.0. The lowest BCUT2D eigenvalue weighted by molar-refractivity contribution is 0.849. The molecular formula is C9H10BrN3. The molecule has 2 N–H and O–H groups in total. The molecule has 13 heavy (non-hydrogen) atoms. The van der Waals surface area contributed by atoms with Gasteiger partial charge in [0, 0.05) is 0 Å². The fraction of sp³-hybridized carbons (Fsp3) is 0.333. The lowest BCUT2D eigenvalue weighted by Gasteiger charge is -2.08. The van der Waals surface area contributed by atoms with Gasteiger partial charge in [-0.15, -0.1) is 0 Å². The number of rotatable bonds is 1. The summed E-state index contributed by atoms with van der Waals surface area (Å²) in [5.74, 6) is 0.344. The van der Waals surface area contributed by atoms with Crippen LogP contribution in [0.4, 0.5) is 5.69 Å². The van der Waals surface area contributed by atoms with E-state index in [2.05, 4.69) is 20.9 Å². The van der Waals surface area contributed by atoms with Gasteiger partial charge < -0.3 is 5.73 Å². The highest BCUT2D eigenvalue weighted by molar-refractivity contribution is 9.10. The summed E-state index contributed by atoms with van der Waals surface area (Å²) in [5, 5.41) is 8.66. The molecule has 1 heterocycles.